The molecule has 0 aliphatic carbocycles. The quantitative estimate of drug-likeness (QED) is 0.240. The van der Waals surface area contributed by atoms with E-state index in [1.165, 1.54) is 0 Å². The van der Waals surface area contributed by atoms with Crippen LogP contribution in [0.4, 0.5) is 0 Å². The van der Waals surface area contributed by atoms with Gasteiger partial charge in [0.1, 0.15) is 0 Å². The normalized spacial score (nSPS) is 9.00. The Labute approximate surface area is 77.4 Å². The summed E-state index contributed by atoms with van der Waals surface area (Å²) in [5.74, 6) is 0. The van der Waals surface area contributed by atoms with E-state index in [0.717, 1.165) is 0 Å². The molecule has 0 spiro atoms. The summed E-state index contributed by atoms with van der Waals surface area (Å²) in [6.07, 6.45) is 0. The van der Waals surface area contributed by atoms with Crippen molar-refractivity contribution in [3.8, 4) is 0 Å². The van der Waals surface area contributed by atoms with Crippen molar-refractivity contribution in [3.05, 3.63) is 0 Å². The molecule has 52 valence electrons. The van der Waals surface area contributed by atoms with Gasteiger partial charge in [-0.15, -0.1) is 0 Å². The minimum absolute atomic E-state index is 0.472. The summed E-state index contributed by atoms with van der Waals surface area (Å²) < 4.78 is 8.88. The van der Waals surface area contributed by atoms with Gasteiger partial charge in [-0.05, 0) is 0 Å². The van der Waals surface area contributed by atoms with Crippen LogP contribution in [-0.4, -0.2) is 66.7 Å². The molecule has 0 aromatic rings. The van der Waals surface area contributed by atoms with Crippen LogP contribution in [0.2, 0.25) is 0 Å². The number of phosphoric acid groups is 1. The van der Waals surface area contributed by atoms with Gasteiger partial charge in [0.15, 0.2) is 0 Å². The summed E-state index contributed by atoms with van der Waals surface area (Å²) >= 11 is 3.94. The predicted molar refractivity (Wildman–Crippen MR) is 34.3 cm³/mol. The zero-order chi connectivity index (χ0) is 7.21. The summed E-state index contributed by atoms with van der Waals surface area (Å²) in [5.41, 5.74) is 0. The van der Waals surface area contributed by atoms with E-state index in [-0.39, 0.29) is 0 Å². The Bertz CT molecular complexity index is 109. The summed E-state index contributed by atoms with van der Waals surface area (Å²) in [7, 11) is -4.64. The first-order valence-electron chi connectivity index (χ1n) is 1.15. The van der Waals surface area contributed by atoms with E-state index >= 15 is 0 Å². The SMILES string of the molecule is O=P(O)(O)O.[PoH][Po]#[PoH]. The van der Waals surface area contributed by atoms with Crippen LogP contribution >= 0.6 is 7.82 Å². The zero-order valence-corrected chi connectivity index (χ0v) is 14.5. The molecule has 0 rings (SSSR count). The molecule has 0 amide bonds. The van der Waals surface area contributed by atoms with Crippen molar-refractivity contribution in [2.24, 2.45) is 0 Å². The third kappa shape index (κ3) is 68.3. The van der Waals surface area contributed by atoms with Gasteiger partial charge in [-0.1, -0.05) is 0 Å². The fraction of sp³-hybridized carbons (Fsp3) is 0. The Hall–Kier alpha value is 2.80. The van der Waals surface area contributed by atoms with E-state index in [9.17, 15) is 0 Å². The monoisotopic (exact) mass is 727 g/mol. The van der Waals surface area contributed by atoms with Crippen molar-refractivity contribution in [3.63, 3.8) is 0 Å². The molecule has 0 saturated heterocycles. The molecule has 0 fully saturated rings. The summed E-state index contributed by atoms with van der Waals surface area (Å²) in [6, 6.07) is 0. The Kier molecular flexibility index (Phi) is 13.2. The second-order valence-electron chi connectivity index (χ2n) is 0.595. The molecule has 8 heteroatoms. The molecule has 0 atom stereocenters. The Morgan fingerprint density at radius 3 is 1.38 bits per heavy atom. The van der Waals surface area contributed by atoms with Crippen LogP contribution < -0.4 is 0 Å². The third-order valence-electron chi connectivity index (χ3n) is 0. The third-order valence-corrected chi connectivity index (χ3v) is 0. The van der Waals surface area contributed by atoms with Crippen molar-refractivity contribution in [2.75, 3.05) is 0 Å². The fourth-order valence-corrected chi connectivity index (χ4v) is 0. The van der Waals surface area contributed by atoms with E-state index in [0.29, 0.717) is 12.7 Å². The van der Waals surface area contributed by atoms with E-state index in [4.69, 9.17) is 19.2 Å². The van der Waals surface area contributed by atoms with Gasteiger partial charge in [0.25, 0.3) is 0 Å². The van der Waals surface area contributed by atoms with Gasteiger partial charge in [-0.25, -0.2) is 4.57 Å². The van der Waals surface area contributed by atoms with Gasteiger partial charge in [-0.3, -0.25) is 0 Å². The number of hydrogen-bond acceptors (Lipinski definition) is 1. The van der Waals surface area contributed by atoms with Crippen molar-refractivity contribution in [2.45, 2.75) is 0 Å². The summed E-state index contributed by atoms with van der Waals surface area (Å²) in [4.78, 5) is 21.6. The van der Waals surface area contributed by atoms with Crippen LogP contribution in [0.5, 0.6) is 0 Å². The Morgan fingerprint density at radius 1 is 1.38 bits per heavy atom. The molecule has 0 aliphatic rings. The molecule has 3 N–H and O–H groups in total. The standard InChI is InChI=1S/H3O4P.3Po.2H/c1-5(2,3)4;;;;;/h(H3,1,2,3,4);;;;;. The van der Waals surface area contributed by atoms with Crippen molar-refractivity contribution >= 4 is 59.8 Å². The van der Waals surface area contributed by atoms with Crippen LogP contribution in [-0.2, 0) is 4.57 Å². The molecule has 0 aliphatic heterocycles. The molecular formula is H5O4PPo3. The van der Waals surface area contributed by atoms with Crippen LogP contribution in [0.25, 0.3) is 0 Å². The van der Waals surface area contributed by atoms with Gasteiger partial charge in [0.2, 0.25) is 0 Å². The maximum atomic E-state index is 8.88. The van der Waals surface area contributed by atoms with Crippen LogP contribution in [0, 0.1) is 0 Å². The molecule has 4 nitrogen and oxygen atoms in total. The van der Waals surface area contributed by atoms with Gasteiger partial charge < -0.3 is 14.7 Å². The topological polar surface area (TPSA) is 77.8 Å². The average molecular weight is 727 g/mol. The summed E-state index contributed by atoms with van der Waals surface area (Å²) in [6.45, 7) is 0. The van der Waals surface area contributed by atoms with Crippen LogP contribution in [0.1, 0.15) is 0 Å². The molecule has 0 unspecified atom stereocenters. The maximum absolute atomic E-state index is 8.88. The second-order valence-corrected chi connectivity index (χ2v) is 56.7. The number of rotatable bonds is 0. The first-order chi connectivity index (χ1) is 3.41. The molecule has 0 radical (unpaired) electrons. The Morgan fingerprint density at radius 2 is 1.38 bits per heavy atom. The van der Waals surface area contributed by atoms with Crippen molar-refractivity contribution < 1.29 is 19.2 Å². The number of hydrogen-bond donors (Lipinski definition) is 3. The molecule has 0 aromatic heterocycles. The van der Waals surface area contributed by atoms with Gasteiger partial charge in [-0.2, -0.15) is 0 Å². The van der Waals surface area contributed by atoms with E-state index in [2.05, 4.69) is 0 Å². The predicted octanol–water partition coefficient (Wildman–Crippen LogP) is -2.61. The first-order valence-corrected chi connectivity index (χ1v) is 30.5. The fourth-order valence-electron chi connectivity index (χ4n) is 0. The molecule has 0 aromatic carbocycles. The van der Waals surface area contributed by atoms with Gasteiger partial charge in [0.05, 0.1) is 0 Å². The first kappa shape index (κ1) is 13.4. The summed E-state index contributed by atoms with van der Waals surface area (Å²) in [5, 5.41) is 0. The molecule has 0 saturated carbocycles. The van der Waals surface area contributed by atoms with Crippen LogP contribution in [0.3, 0.4) is 0 Å². The van der Waals surface area contributed by atoms with E-state index in [1.807, 2.05) is 0 Å². The van der Waals surface area contributed by atoms with Crippen molar-refractivity contribution in [1.29, 1.82) is 0 Å². The molecular weight excluding hydrogens is 722 g/mol. The average Bonchev–Trinajstić information content (AvgIpc) is 1.27. The molecule has 0 heterocycles. The molecule has 8 heavy (non-hydrogen) atoms. The van der Waals surface area contributed by atoms with Gasteiger partial charge in [0, 0.05) is 0 Å². The molecule has 0 bridgehead atoms. The Balaban J connectivity index is 0. The zero-order valence-electron chi connectivity index (χ0n) is 3.50. The van der Waals surface area contributed by atoms with Crippen molar-refractivity contribution in [1.82, 2.24) is 0 Å². The van der Waals surface area contributed by atoms with Crippen LogP contribution in [0.15, 0.2) is 0 Å². The second kappa shape index (κ2) is 7.90. The van der Waals surface area contributed by atoms with E-state index < -0.39 is 7.82 Å². The van der Waals surface area contributed by atoms with E-state index in [1.54, 1.807) is 39.3 Å². The van der Waals surface area contributed by atoms with Gasteiger partial charge >= 0.3 is 59.8 Å². The minimum atomic E-state index is -4.64.